The van der Waals surface area contributed by atoms with Crippen molar-refractivity contribution in [2.24, 2.45) is 0 Å². The summed E-state index contributed by atoms with van der Waals surface area (Å²) in [7, 11) is 1.60. The lowest BCUT2D eigenvalue weighted by molar-refractivity contribution is -0.116. The van der Waals surface area contributed by atoms with Gasteiger partial charge in [-0.2, -0.15) is 0 Å². The van der Waals surface area contributed by atoms with Crippen molar-refractivity contribution in [3.63, 3.8) is 0 Å². The van der Waals surface area contributed by atoms with Gasteiger partial charge < -0.3 is 25.2 Å². The van der Waals surface area contributed by atoms with Gasteiger partial charge in [-0.3, -0.25) is 4.79 Å². The van der Waals surface area contributed by atoms with Crippen LogP contribution in [0.4, 0.5) is 10.1 Å². The number of nitrogens with one attached hydrogen (secondary N) is 1. The third-order valence-electron chi connectivity index (χ3n) is 6.23. The summed E-state index contributed by atoms with van der Waals surface area (Å²) >= 11 is 0. The Morgan fingerprint density at radius 2 is 1.97 bits per heavy atom. The summed E-state index contributed by atoms with van der Waals surface area (Å²) < 4.78 is 20.2. The zero-order valence-corrected chi connectivity index (χ0v) is 18.3. The molecule has 1 unspecified atom stereocenters. The normalized spacial score (nSPS) is 19.0. The third-order valence-corrected chi connectivity index (χ3v) is 6.23. The molecule has 0 bridgehead atoms. The average Bonchev–Trinajstić information content (AvgIpc) is 2.75. The Balaban J connectivity index is 0.00000272. The molecule has 8 heteroatoms. The first kappa shape index (κ1) is 23.5. The first-order valence-electron chi connectivity index (χ1n) is 10.3. The predicted molar refractivity (Wildman–Crippen MR) is 118 cm³/mol. The van der Waals surface area contributed by atoms with Gasteiger partial charge in [0.2, 0.25) is 5.91 Å². The van der Waals surface area contributed by atoms with E-state index in [2.05, 4.69) is 5.32 Å². The topological polar surface area (TPSA) is 82.0 Å². The molecule has 6 nitrogen and oxygen atoms in total. The molecule has 1 fully saturated rings. The Kier molecular flexibility index (Phi) is 7.21. The maximum atomic E-state index is 14.9. The number of piperidine rings is 1. The van der Waals surface area contributed by atoms with Crippen molar-refractivity contribution in [2.75, 3.05) is 32.1 Å². The molecule has 1 atom stereocenters. The van der Waals surface area contributed by atoms with Crippen LogP contribution in [0.25, 0.3) is 0 Å². The van der Waals surface area contributed by atoms with Gasteiger partial charge in [0.05, 0.1) is 18.8 Å². The van der Waals surface area contributed by atoms with Crippen LogP contribution in [0.1, 0.15) is 42.1 Å². The molecule has 3 N–H and O–H groups in total. The number of nitrogens with zero attached hydrogens (tertiary/aromatic N) is 1. The molecule has 4 rings (SSSR count). The number of β-amino-alcohol motifs (C(OH)–C–C–N with tert-alkyl or cyclic N) is 1. The van der Waals surface area contributed by atoms with Crippen LogP contribution >= 0.6 is 12.4 Å². The number of carbonyl (C=O) groups is 1. The number of benzene rings is 2. The Morgan fingerprint density at radius 1 is 1.23 bits per heavy atom. The van der Waals surface area contributed by atoms with Gasteiger partial charge in [-0.1, -0.05) is 18.2 Å². The molecular weight excluding hydrogens is 423 g/mol. The van der Waals surface area contributed by atoms with Crippen molar-refractivity contribution >= 4 is 24.0 Å². The molecule has 0 saturated carbocycles. The molecule has 0 radical (unpaired) electrons. The maximum Gasteiger partial charge on any atom is 0.224 e. The Bertz CT molecular complexity index is 947. The van der Waals surface area contributed by atoms with E-state index in [9.17, 15) is 19.4 Å². The average molecular weight is 451 g/mol. The van der Waals surface area contributed by atoms with Crippen LogP contribution in [-0.4, -0.2) is 47.8 Å². The lowest BCUT2D eigenvalue weighted by Gasteiger charge is -2.39. The fraction of sp³-hybridized carbons (Fsp3) is 0.435. The van der Waals surface area contributed by atoms with E-state index in [4.69, 9.17) is 4.74 Å². The van der Waals surface area contributed by atoms with Gasteiger partial charge in [0.15, 0.2) is 0 Å². The summed E-state index contributed by atoms with van der Waals surface area (Å²) in [5, 5.41) is 24.4. The molecule has 1 saturated heterocycles. The minimum absolute atomic E-state index is 0. The number of ether oxygens (including phenoxy) is 1. The van der Waals surface area contributed by atoms with Crippen LogP contribution in [0.15, 0.2) is 36.4 Å². The number of methoxy groups -OCH3 is 1. The highest BCUT2D eigenvalue weighted by Gasteiger charge is 2.35. The van der Waals surface area contributed by atoms with E-state index in [1.807, 2.05) is 29.2 Å². The Morgan fingerprint density at radius 3 is 2.68 bits per heavy atom. The number of aliphatic hydroxyl groups is 2. The van der Waals surface area contributed by atoms with Crippen molar-refractivity contribution in [2.45, 2.75) is 37.4 Å². The van der Waals surface area contributed by atoms with E-state index in [-0.39, 0.29) is 36.8 Å². The Labute approximate surface area is 187 Å². The van der Waals surface area contributed by atoms with E-state index < -0.39 is 17.5 Å². The minimum atomic E-state index is -0.976. The molecular formula is C23H28ClFN2O4. The summed E-state index contributed by atoms with van der Waals surface area (Å²) in [6.45, 7) is 1.47. The number of hydrogen-bond donors (Lipinski definition) is 3. The minimum Gasteiger partial charge on any atom is -0.497 e. The van der Waals surface area contributed by atoms with E-state index in [0.717, 1.165) is 5.56 Å². The summed E-state index contributed by atoms with van der Waals surface area (Å²) in [5.74, 6) is 0.148. The first-order chi connectivity index (χ1) is 14.4. The lowest BCUT2D eigenvalue weighted by atomic mass is 9.84. The number of aliphatic hydroxyl groups excluding tert-OH is 1. The molecule has 1 amide bonds. The zero-order valence-electron chi connectivity index (χ0n) is 17.4. The van der Waals surface area contributed by atoms with Gasteiger partial charge in [-0.25, -0.2) is 4.39 Å². The third kappa shape index (κ3) is 4.85. The van der Waals surface area contributed by atoms with Gasteiger partial charge in [0.1, 0.15) is 11.6 Å². The molecule has 2 aromatic rings. The van der Waals surface area contributed by atoms with Crippen LogP contribution in [0.3, 0.4) is 0 Å². The SMILES string of the molecule is COc1cccc(C2(O)CCN(CC(O)c3ccc4c(c3F)CCC(=O)N4)CC2)c1.Cl. The number of halogens is 2. The number of rotatable bonds is 5. The zero-order chi connectivity index (χ0) is 21.3. The molecule has 31 heavy (non-hydrogen) atoms. The second-order valence-corrected chi connectivity index (χ2v) is 8.12. The summed E-state index contributed by atoms with van der Waals surface area (Å²) in [6, 6.07) is 10.7. The first-order valence-corrected chi connectivity index (χ1v) is 10.3. The number of carbonyl (C=O) groups excluding carboxylic acids is 1. The number of fused-ring (bicyclic) bond motifs is 1. The second kappa shape index (κ2) is 9.53. The van der Waals surface area contributed by atoms with Crippen molar-refractivity contribution < 1.29 is 24.1 Å². The number of anilines is 1. The molecule has 168 valence electrons. The largest absolute Gasteiger partial charge is 0.497 e. The molecule has 2 aliphatic heterocycles. The van der Waals surface area contributed by atoms with Crippen LogP contribution in [0.5, 0.6) is 5.75 Å². The molecule has 0 spiro atoms. The number of amides is 1. The quantitative estimate of drug-likeness (QED) is 0.652. The van der Waals surface area contributed by atoms with Crippen molar-refractivity contribution in [1.82, 2.24) is 4.90 Å². The fourth-order valence-corrected chi connectivity index (χ4v) is 4.36. The van der Waals surface area contributed by atoms with Crippen LogP contribution in [0, 0.1) is 5.82 Å². The maximum absolute atomic E-state index is 14.9. The van der Waals surface area contributed by atoms with E-state index in [1.54, 1.807) is 19.2 Å². The van der Waals surface area contributed by atoms with Gasteiger partial charge in [0.25, 0.3) is 0 Å². The van der Waals surface area contributed by atoms with Crippen LogP contribution in [0.2, 0.25) is 0 Å². The predicted octanol–water partition coefficient (Wildman–Crippen LogP) is 3.16. The summed E-state index contributed by atoms with van der Waals surface area (Å²) in [4.78, 5) is 13.5. The van der Waals surface area contributed by atoms with Crippen LogP contribution in [-0.2, 0) is 16.8 Å². The standard InChI is InChI=1S/C23H27FN2O4.ClH/c1-30-16-4-2-3-15(13-16)23(29)9-11-26(12-10-23)14-20(27)18-5-7-19-17(22(18)24)6-8-21(28)25-19;/h2-5,7,13,20,27,29H,6,8-12,14H2,1H3,(H,25,28);1H. The van der Waals surface area contributed by atoms with Crippen molar-refractivity contribution in [3.8, 4) is 5.75 Å². The summed E-state index contributed by atoms with van der Waals surface area (Å²) in [6.07, 6.45) is 0.649. The van der Waals surface area contributed by atoms with Gasteiger partial charge in [0, 0.05) is 42.9 Å². The van der Waals surface area contributed by atoms with E-state index in [0.29, 0.717) is 49.4 Å². The molecule has 0 aromatic heterocycles. The van der Waals surface area contributed by atoms with E-state index >= 15 is 0 Å². The van der Waals surface area contributed by atoms with Crippen LogP contribution < -0.4 is 10.1 Å². The highest BCUT2D eigenvalue weighted by Crippen LogP contribution is 2.35. The fourth-order valence-electron chi connectivity index (χ4n) is 4.36. The molecule has 2 heterocycles. The smallest absolute Gasteiger partial charge is 0.224 e. The number of likely N-dealkylation sites (tertiary alicyclic amines) is 1. The monoisotopic (exact) mass is 450 g/mol. The summed E-state index contributed by atoms with van der Waals surface area (Å²) in [5.41, 5.74) is 1.08. The number of hydrogen-bond acceptors (Lipinski definition) is 5. The van der Waals surface area contributed by atoms with E-state index in [1.165, 1.54) is 0 Å². The molecule has 2 aliphatic rings. The Hall–Kier alpha value is -2.19. The highest BCUT2D eigenvalue weighted by atomic mass is 35.5. The molecule has 2 aromatic carbocycles. The second-order valence-electron chi connectivity index (χ2n) is 8.12. The van der Waals surface area contributed by atoms with Gasteiger partial charge in [-0.15, -0.1) is 12.4 Å². The molecule has 0 aliphatic carbocycles. The van der Waals surface area contributed by atoms with Crippen molar-refractivity contribution in [1.29, 1.82) is 0 Å². The lowest BCUT2D eigenvalue weighted by Crippen LogP contribution is -2.44. The van der Waals surface area contributed by atoms with Crippen molar-refractivity contribution in [3.05, 3.63) is 58.9 Å². The highest BCUT2D eigenvalue weighted by molar-refractivity contribution is 5.94. The van der Waals surface area contributed by atoms with Gasteiger partial charge >= 0.3 is 0 Å². The van der Waals surface area contributed by atoms with Gasteiger partial charge in [-0.05, 0) is 43.0 Å².